The number of rotatable bonds is 3. The van der Waals surface area contributed by atoms with E-state index >= 15 is 0 Å². The minimum Gasteiger partial charge on any atom is -0.389 e. The van der Waals surface area contributed by atoms with Gasteiger partial charge >= 0.3 is 4.87 Å². The number of aromatic nitrogens is 3. The average Bonchev–Trinajstić information content (AvgIpc) is 3.11. The van der Waals surface area contributed by atoms with Gasteiger partial charge in [-0.2, -0.15) is 4.98 Å². The van der Waals surface area contributed by atoms with Crippen LogP contribution >= 0.6 is 23.1 Å². The second kappa shape index (κ2) is 4.94. The SMILES string of the molecule is Nc1ncc2sc(=O)n([C@H]3CS[C@@H]([C@@H](O)C4CC4)O3)c2n1. The summed E-state index contributed by atoms with van der Waals surface area (Å²) >= 11 is 2.62. The van der Waals surface area contributed by atoms with Gasteiger partial charge in [-0.15, -0.1) is 11.8 Å². The zero-order chi connectivity index (χ0) is 14.6. The number of ether oxygens (including phenoxy) is 1. The van der Waals surface area contributed by atoms with Gasteiger partial charge in [0.2, 0.25) is 5.95 Å². The van der Waals surface area contributed by atoms with Crippen molar-refractivity contribution in [2.45, 2.75) is 30.6 Å². The van der Waals surface area contributed by atoms with Gasteiger partial charge in [0.05, 0.1) is 17.0 Å². The molecule has 0 amide bonds. The number of nitrogens with zero attached hydrogens (tertiary/aromatic N) is 3. The van der Waals surface area contributed by atoms with E-state index < -0.39 is 12.3 Å². The third kappa shape index (κ3) is 2.33. The molecule has 1 saturated carbocycles. The molecule has 3 heterocycles. The molecule has 9 heteroatoms. The lowest BCUT2D eigenvalue weighted by Crippen LogP contribution is -2.28. The molecule has 2 fully saturated rings. The second-order valence-electron chi connectivity index (χ2n) is 5.27. The summed E-state index contributed by atoms with van der Waals surface area (Å²) in [6.07, 6.45) is 2.79. The normalized spacial score (nSPS) is 27.3. The summed E-state index contributed by atoms with van der Waals surface area (Å²) in [5.41, 5.74) is 5.84. The minimum absolute atomic E-state index is 0.134. The topological polar surface area (TPSA) is 103 Å². The lowest BCUT2D eigenvalue weighted by molar-refractivity contribution is -0.0440. The zero-order valence-corrected chi connectivity index (χ0v) is 12.6. The van der Waals surface area contributed by atoms with E-state index in [1.54, 1.807) is 18.0 Å². The van der Waals surface area contributed by atoms with Crippen LogP contribution in [0, 0.1) is 5.92 Å². The third-order valence-electron chi connectivity index (χ3n) is 3.74. The molecular formula is C12H14N4O3S2. The molecular weight excluding hydrogens is 312 g/mol. The van der Waals surface area contributed by atoms with E-state index in [0.717, 1.165) is 24.2 Å². The van der Waals surface area contributed by atoms with Crippen LogP contribution in [0.1, 0.15) is 19.1 Å². The van der Waals surface area contributed by atoms with Crippen LogP contribution in [-0.4, -0.2) is 36.9 Å². The van der Waals surface area contributed by atoms with Crippen molar-refractivity contribution in [2.24, 2.45) is 5.92 Å². The van der Waals surface area contributed by atoms with E-state index in [2.05, 4.69) is 9.97 Å². The number of fused-ring (bicyclic) bond motifs is 1. The van der Waals surface area contributed by atoms with Crippen molar-refractivity contribution >= 4 is 39.4 Å². The van der Waals surface area contributed by atoms with Crippen LogP contribution in [0.25, 0.3) is 10.3 Å². The maximum Gasteiger partial charge on any atom is 0.311 e. The van der Waals surface area contributed by atoms with E-state index in [1.807, 2.05) is 0 Å². The van der Waals surface area contributed by atoms with Gasteiger partial charge in [-0.1, -0.05) is 11.3 Å². The predicted molar refractivity (Wildman–Crippen MR) is 81.2 cm³/mol. The second-order valence-corrected chi connectivity index (χ2v) is 7.40. The molecule has 4 rings (SSSR count). The Hall–Kier alpha value is -1.16. The number of aliphatic hydroxyl groups excluding tert-OH is 1. The van der Waals surface area contributed by atoms with Gasteiger partial charge in [0.15, 0.2) is 5.65 Å². The fraction of sp³-hybridized carbons (Fsp3) is 0.583. The summed E-state index contributed by atoms with van der Waals surface area (Å²) in [6, 6.07) is 0. The first-order valence-corrected chi connectivity index (χ1v) is 8.58. The molecule has 0 radical (unpaired) electrons. The Morgan fingerprint density at radius 1 is 1.52 bits per heavy atom. The summed E-state index contributed by atoms with van der Waals surface area (Å²) in [5, 5.41) is 10.2. The lowest BCUT2D eigenvalue weighted by Gasteiger charge is -2.18. The predicted octanol–water partition coefficient (Wildman–Crippen LogP) is 0.794. The molecule has 7 nitrogen and oxygen atoms in total. The Kier molecular flexibility index (Phi) is 3.18. The highest BCUT2D eigenvalue weighted by atomic mass is 32.2. The highest BCUT2D eigenvalue weighted by molar-refractivity contribution is 8.00. The highest BCUT2D eigenvalue weighted by Crippen LogP contribution is 2.42. The number of anilines is 1. The molecule has 1 saturated heterocycles. The lowest BCUT2D eigenvalue weighted by atomic mass is 10.2. The first kappa shape index (κ1) is 13.5. The van der Waals surface area contributed by atoms with Crippen LogP contribution in [0.5, 0.6) is 0 Å². The number of nitrogen functional groups attached to an aromatic ring is 1. The summed E-state index contributed by atoms with van der Waals surface area (Å²) in [4.78, 5) is 20.1. The fourth-order valence-corrected chi connectivity index (χ4v) is 4.53. The van der Waals surface area contributed by atoms with E-state index in [-0.39, 0.29) is 16.3 Å². The molecule has 0 aromatic carbocycles. The Bertz CT molecular complexity index is 742. The molecule has 112 valence electrons. The largest absolute Gasteiger partial charge is 0.389 e. The Balaban J connectivity index is 1.66. The first-order valence-electron chi connectivity index (χ1n) is 6.72. The van der Waals surface area contributed by atoms with Crippen molar-refractivity contribution in [2.75, 3.05) is 11.5 Å². The Labute approximate surface area is 128 Å². The standard InChI is InChI=1S/C12H14N4O3S2/c13-11-14-3-6-9(15-11)16(12(18)21-6)7-4-20-10(19-7)8(17)5-1-2-5/h3,5,7-8,10,17H,1-2,4H2,(H2,13,14,15)/t7-,8+,10+/m1/s1. The van der Waals surface area contributed by atoms with Gasteiger partial charge in [-0.3, -0.25) is 9.36 Å². The molecule has 0 unspecified atom stereocenters. The number of thioether (sulfide) groups is 1. The van der Waals surface area contributed by atoms with Crippen LogP contribution in [0.4, 0.5) is 5.95 Å². The third-order valence-corrected chi connectivity index (χ3v) is 5.82. The number of hydrogen-bond donors (Lipinski definition) is 2. The van der Waals surface area contributed by atoms with Crippen molar-refractivity contribution in [1.82, 2.24) is 14.5 Å². The molecule has 3 N–H and O–H groups in total. The average molecular weight is 326 g/mol. The Morgan fingerprint density at radius 3 is 3.10 bits per heavy atom. The highest BCUT2D eigenvalue weighted by Gasteiger charge is 2.41. The molecule has 2 aromatic rings. The summed E-state index contributed by atoms with van der Waals surface area (Å²) < 4.78 is 8.09. The number of hydrogen-bond acceptors (Lipinski definition) is 8. The maximum absolute atomic E-state index is 12.2. The monoisotopic (exact) mass is 326 g/mol. The van der Waals surface area contributed by atoms with Gasteiger partial charge in [0.1, 0.15) is 11.7 Å². The van der Waals surface area contributed by atoms with E-state index in [9.17, 15) is 9.90 Å². The molecule has 2 aliphatic rings. The summed E-state index contributed by atoms with van der Waals surface area (Å²) in [6.45, 7) is 0. The quantitative estimate of drug-likeness (QED) is 0.859. The van der Waals surface area contributed by atoms with Gasteiger partial charge in [-0.05, 0) is 18.8 Å². The summed E-state index contributed by atoms with van der Waals surface area (Å²) in [7, 11) is 0. The molecule has 1 aliphatic heterocycles. The smallest absolute Gasteiger partial charge is 0.311 e. The molecule has 0 bridgehead atoms. The number of thiazole rings is 1. The Morgan fingerprint density at radius 2 is 2.33 bits per heavy atom. The van der Waals surface area contributed by atoms with Crippen LogP contribution in [0.2, 0.25) is 0 Å². The van der Waals surface area contributed by atoms with E-state index in [0.29, 0.717) is 22.0 Å². The van der Waals surface area contributed by atoms with Crippen molar-refractivity contribution in [1.29, 1.82) is 0 Å². The zero-order valence-electron chi connectivity index (χ0n) is 11.0. The molecule has 21 heavy (non-hydrogen) atoms. The van der Waals surface area contributed by atoms with Gasteiger partial charge in [0, 0.05) is 5.75 Å². The van der Waals surface area contributed by atoms with Crippen molar-refractivity contribution in [3.8, 4) is 0 Å². The fourth-order valence-electron chi connectivity index (χ4n) is 2.49. The van der Waals surface area contributed by atoms with Crippen molar-refractivity contribution in [3.05, 3.63) is 15.9 Å². The van der Waals surface area contributed by atoms with Crippen LogP contribution in [0.3, 0.4) is 0 Å². The van der Waals surface area contributed by atoms with Crippen molar-refractivity contribution < 1.29 is 9.84 Å². The minimum atomic E-state index is -0.458. The van der Waals surface area contributed by atoms with Gasteiger partial charge in [0.25, 0.3) is 0 Å². The maximum atomic E-state index is 12.2. The first-order chi connectivity index (χ1) is 10.1. The van der Waals surface area contributed by atoms with Gasteiger partial charge < -0.3 is 15.6 Å². The number of nitrogens with two attached hydrogens (primary N) is 1. The van der Waals surface area contributed by atoms with E-state index in [1.165, 1.54) is 4.57 Å². The molecule has 3 atom stereocenters. The van der Waals surface area contributed by atoms with E-state index in [4.69, 9.17) is 10.5 Å². The molecule has 0 spiro atoms. The van der Waals surface area contributed by atoms with Gasteiger partial charge in [-0.25, -0.2) is 4.98 Å². The van der Waals surface area contributed by atoms with Crippen LogP contribution in [0.15, 0.2) is 11.0 Å². The molecule has 1 aliphatic carbocycles. The molecule has 2 aromatic heterocycles. The van der Waals surface area contributed by atoms with Crippen LogP contribution in [-0.2, 0) is 4.74 Å². The van der Waals surface area contributed by atoms with Crippen molar-refractivity contribution in [3.63, 3.8) is 0 Å². The summed E-state index contributed by atoms with van der Waals surface area (Å²) in [5.74, 6) is 1.09. The number of aliphatic hydroxyl groups is 1. The van der Waals surface area contributed by atoms with Crippen LogP contribution < -0.4 is 10.6 Å².